The van der Waals surface area contributed by atoms with E-state index >= 15 is 0 Å². The summed E-state index contributed by atoms with van der Waals surface area (Å²) >= 11 is 0. The molecule has 1 aliphatic carbocycles. The van der Waals surface area contributed by atoms with Gasteiger partial charge in [0.1, 0.15) is 0 Å². The van der Waals surface area contributed by atoms with Gasteiger partial charge < -0.3 is 15.2 Å². The van der Waals surface area contributed by atoms with Crippen molar-refractivity contribution < 1.29 is 9.84 Å². The third kappa shape index (κ3) is 5.21. The first-order valence-corrected chi connectivity index (χ1v) is 6.07. The van der Waals surface area contributed by atoms with Crippen molar-refractivity contribution in [2.45, 2.75) is 25.5 Å². The number of aromatic nitrogens is 2. The van der Waals surface area contributed by atoms with Crippen LogP contribution in [0.3, 0.4) is 0 Å². The molecule has 1 heterocycles. The molecule has 2 rings (SSSR count). The average Bonchev–Trinajstić information content (AvgIpc) is 3.14. The molecule has 0 aromatic carbocycles. The molecule has 5 nitrogen and oxygen atoms in total. The van der Waals surface area contributed by atoms with E-state index in [1.54, 1.807) is 6.20 Å². The summed E-state index contributed by atoms with van der Waals surface area (Å²) in [5, 5.41) is 20.5. The van der Waals surface area contributed by atoms with Crippen LogP contribution >= 0.6 is 0 Å². The molecular weight excluding hydrogens is 218 g/mol. The molecule has 1 unspecified atom stereocenters. The summed E-state index contributed by atoms with van der Waals surface area (Å²) in [7, 11) is 0. The van der Waals surface area contributed by atoms with Crippen LogP contribution in [0.5, 0.6) is 0 Å². The highest BCUT2D eigenvalue weighted by Gasteiger charge is 2.21. The minimum absolute atomic E-state index is 0.407. The zero-order chi connectivity index (χ0) is 11.9. The molecule has 1 fully saturated rings. The zero-order valence-corrected chi connectivity index (χ0v) is 9.88. The van der Waals surface area contributed by atoms with Gasteiger partial charge >= 0.3 is 0 Å². The van der Waals surface area contributed by atoms with Gasteiger partial charge in [-0.05, 0) is 30.9 Å². The van der Waals surface area contributed by atoms with E-state index in [0.29, 0.717) is 19.7 Å². The Morgan fingerprint density at radius 2 is 2.41 bits per heavy atom. The number of nitrogens with one attached hydrogen (secondary N) is 1. The highest BCUT2D eigenvalue weighted by Crippen LogP contribution is 2.28. The first-order valence-electron chi connectivity index (χ1n) is 6.07. The predicted molar refractivity (Wildman–Crippen MR) is 63.3 cm³/mol. The van der Waals surface area contributed by atoms with Crippen LogP contribution in [0.4, 0.5) is 0 Å². The highest BCUT2D eigenvalue weighted by atomic mass is 16.5. The quantitative estimate of drug-likeness (QED) is 0.683. The van der Waals surface area contributed by atoms with Gasteiger partial charge in [-0.1, -0.05) is 0 Å². The summed E-state index contributed by atoms with van der Waals surface area (Å²) in [5.41, 5.74) is 0.874. The molecular formula is C12H19N3O2. The van der Waals surface area contributed by atoms with Gasteiger partial charge in [-0.15, -0.1) is 0 Å². The number of aliphatic hydroxyl groups excluding tert-OH is 1. The molecule has 1 saturated carbocycles. The summed E-state index contributed by atoms with van der Waals surface area (Å²) in [6.07, 6.45) is 3.75. The summed E-state index contributed by atoms with van der Waals surface area (Å²) in [6, 6.07) is 3.75. The van der Waals surface area contributed by atoms with Crippen LogP contribution in [0, 0.1) is 5.92 Å². The van der Waals surface area contributed by atoms with Crippen molar-refractivity contribution in [2.24, 2.45) is 5.92 Å². The lowest BCUT2D eigenvalue weighted by Gasteiger charge is -2.11. The Balaban J connectivity index is 1.51. The van der Waals surface area contributed by atoms with Gasteiger partial charge in [0.15, 0.2) is 0 Å². The molecule has 1 atom stereocenters. The molecule has 0 aliphatic heterocycles. The zero-order valence-electron chi connectivity index (χ0n) is 9.88. The van der Waals surface area contributed by atoms with Crippen molar-refractivity contribution in [1.82, 2.24) is 15.5 Å². The van der Waals surface area contributed by atoms with Crippen molar-refractivity contribution in [2.75, 3.05) is 19.8 Å². The molecule has 17 heavy (non-hydrogen) atoms. The standard InChI is InChI=1S/C12H19N3O2/c16-12(9-17-8-10-3-4-10)7-13-6-11-2-1-5-14-15-11/h1-2,5,10,12-13,16H,3-4,6-9H2. The first-order chi connectivity index (χ1) is 8.34. The molecule has 0 amide bonds. The van der Waals surface area contributed by atoms with Crippen molar-refractivity contribution in [1.29, 1.82) is 0 Å². The van der Waals surface area contributed by atoms with Gasteiger partial charge in [0.25, 0.3) is 0 Å². The maximum absolute atomic E-state index is 9.64. The maximum atomic E-state index is 9.64. The molecule has 5 heteroatoms. The minimum atomic E-state index is -0.453. The summed E-state index contributed by atoms with van der Waals surface area (Å²) in [4.78, 5) is 0. The van der Waals surface area contributed by atoms with Crippen molar-refractivity contribution in [3.05, 3.63) is 24.0 Å². The molecule has 0 spiro atoms. The molecule has 1 aliphatic rings. The van der Waals surface area contributed by atoms with Crippen LogP contribution in [0.25, 0.3) is 0 Å². The highest BCUT2D eigenvalue weighted by molar-refractivity contribution is 4.98. The Morgan fingerprint density at radius 3 is 3.12 bits per heavy atom. The number of ether oxygens (including phenoxy) is 1. The SMILES string of the molecule is OC(CNCc1cccnn1)COCC1CC1. The van der Waals surface area contributed by atoms with E-state index in [-0.39, 0.29) is 0 Å². The topological polar surface area (TPSA) is 67.3 Å². The van der Waals surface area contributed by atoms with Gasteiger partial charge in [-0.2, -0.15) is 10.2 Å². The Morgan fingerprint density at radius 1 is 1.53 bits per heavy atom. The van der Waals surface area contributed by atoms with E-state index in [1.807, 2.05) is 12.1 Å². The number of aliphatic hydroxyl groups is 1. The van der Waals surface area contributed by atoms with E-state index < -0.39 is 6.10 Å². The van der Waals surface area contributed by atoms with Gasteiger partial charge in [-0.3, -0.25) is 0 Å². The summed E-state index contributed by atoms with van der Waals surface area (Å²) < 4.78 is 5.40. The van der Waals surface area contributed by atoms with Crippen LogP contribution < -0.4 is 5.32 Å². The molecule has 1 aromatic heterocycles. The van der Waals surface area contributed by atoms with E-state index in [4.69, 9.17) is 4.74 Å². The number of nitrogens with zero attached hydrogens (tertiary/aromatic N) is 2. The molecule has 0 bridgehead atoms. The van der Waals surface area contributed by atoms with Crippen molar-refractivity contribution >= 4 is 0 Å². The number of hydrogen-bond donors (Lipinski definition) is 2. The van der Waals surface area contributed by atoms with E-state index in [1.165, 1.54) is 12.8 Å². The summed E-state index contributed by atoms with van der Waals surface area (Å²) in [5.74, 6) is 0.745. The smallest absolute Gasteiger partial charge is 0.0897 e. The second kappa shape index (κ2) is 6.64. The molecule has 1 aromatic rings. The third-order valence-corrected chi connectivity index (χ3v) is 2.67. The van der Waals surface area contributed by atoms with E-state index in [9.17, 15) is 5.11 Å². The second-order valence-electron chi connectivity index (χ2n) is 4.48. The minimum Gasteiger partial charge on any atom is -0.389 e. The van der Waals surface area contributed by atoms with E-state index in [0.717, 1.165) is 18.2 Å². The van der Waals surface area contributed by atoms with Crippen molar-refractivity contribution in [3.63, 3.8) is 0 Å². The molecule has 94 valence electrons. The normalized spacial score (nSPS) is 17.0. The molecule has 2 N–H and O–H groups in total. The van der Waals surface area contributed by atoms with Crippen LogP contribution in [-0.2, 0) is 11.3 Å². The maximum Gasteiger partial charge on any atom is 0.0897 e. The molecule has 0 radical (unpaired) electrons. The fraction of sp³-hybridized carbons (Fsp3) is 0.667. The van der Waals surface area contributed by atoms with Gasteiger partial charge in [0.05, 0.1) is 18.4 Å². The third-order valence-electron chi connectivity index (χ3n) is 2.67. The number of hydrogen-bond acceptors (Lipinski definition) is 5. The lowest BCUT2D eigenvalue weighted by molar-refractivity contribution is 0.0324. The Bertz CT molecular complexity index is 317. The van der Waals surface area contributed by atoms with Crippen LogP contribution in [0.2, 0.25) is 0 Å². The first kappa shape index (κ1) is 12.4. The van der Waals surface area contributed by atoms with Gasteiger partial charge in [0.2, 0.25) is 0 Å². The van der Waals surface area contributed by atoms with Crippen LogP contribution in [0.1, 0.15) is 18.5 Å². The average molecular weight is 237 g/mol. The van der Waals surface area contributed by atoms with Gasteiger partial charge in [0, 0.05) is 25.9 Å². The lowest BCUT2D eigenvalue weighted by Crippen LogP contribution is -2.30. The largest absolute Gasteiger partial charge is 0.389 e. The fourth-order valence-electron chi connectivity index (χ4n) is 1.51. The van der Waals surface area contributed by atoms with Gasteiger partial charge in [-0.25, -0.2) is 0 Å². The summed E-state index contributed by atoms with van der Waals surface area (Å²) in [6.45, 7) is 2.33. The van der Waals surface area contributed by atoms with Crippen molar-refractivity contribution in [3.8, 4) is 0 Å². The van der Waals surface area contributed by atoms with E-state index in [2.05, 4.69) is 15.5 Å². The monoisotopic (exact) mass is 237 g/mol. The Hall–Kier alpha value is -1.04. The Kier molecular flexibility index (Phi) is 4.85. The van der Waals surface area contributed by atoms with Crippen LogP contribution in [0.15, 0.2) is 18.3 Å². The fourth-order valence-corrected chi connectivity index (χ4v) is 1.51. The predicted octanol–water partition coefficient (Wildman–Crippen LogP) is 0.354. The van der Waals surface area contributed by atoms with Crippen LogP contribution in [-0.4, -0.2) is 41.2 Å². The molecule has 0 saturated heterocycles. The Labute approximate surface area is 101 Å². The number of rotatable bonds is 8. The lowest BCUT2D eigenvalue weighted by atomic mass is 10.3. The second-order valence-corrected chi connectivity index (χ2v) is 4.48.